The molecule has 0 saturated carbocycles. The van der Waals surface area contributed by atoms with Crippen LogP contribution >= 0.6 is 7.82 Å². The van der Waals surface area contributed by atoms with Gasteiger partial charge in [0.2, 0.25) is 0 Å². The molecule has 0 aromatic heterocycles. The zero-order valence-corrected chi connectivity index (χ0v) is 40.3. The second-order valence-corrected chi connectivity index (χ2v) is 18.1. The fourth-order valence-electron chi connectivity index (χ4n) is 6.97. The summed E-state index contributed by atoms with van der Waals surface area (Å²) in [7, 11) is -4.39. The van der Waals surface area contributed by atoms with Gasteiger partial charge < -0.3 is 20.1 Å². The van der Waals surface area contributed by atoms with E-state index in [1.807, 2.05) is 0 Å². The van der Waals surface area contributed by atoms with Crippen LogP contribution in [0.1, 0.15) is 232 Å². The Bertz CT molecular complexity index is 1140. The molecule has 0 aliphatic heterocycles. The first-order valence-corrected chi connectivity index (χ1v) is 26.6. The summed E-state index contributed by atoms with van der Waals surface area (Å²) in [5, 5.41) is 0. The lowest BCUT2D eigenvalue weighted by atomic mass is 10.0. The largest absolute Gasteiger partial charge is 0.472 e. The van der Waals surface area contributed by atoms with Crippen LogP contribution in [0.2, 0.25) is 0 Å². The van der Waals surface area contributed by atoms with Gasteiger partial charge >= 0.3 is 19.8 Å². The van der Waals surface area contributed by atoms with E-state index in [9.17, 15) is 19.0 Å². The summed E-state index contributed by atoms with van der Waals surface area (Å²) in [5.41, 5.74) is 5.36. The molecular formula is C51H94NO8P. The van der Waals surface area contributed by atoms with Crippen molar-refractivity contribution in [3.8, 4) is 0 Å². The topological polar surface area (TPSA) is 134 Å². The predicted octanol–water partition coefficient (Wildman–Crippen LogP) is 15.1. The molecule has 0 aromatic rings. The molecule has 10 heteroatoms. The van der Waals surface area contributed by atoms with Gasteiger partial charge in [0, 0.05) is 19.4 Å². The third-order valence-corrected chi connectivity index (χ3v) is 11.7. The highest BCUT2D eigenvalue weighted by atomic mass is 31.2. The lowest BCUT2D eigenvalue weighted by Gasteiger charge is -2.19. The van der Waals surface area contributed by atoms with E-state index in [1.165, 1.54) is 141 Å². The molecule has 0 aromatic carbocycles. The monoisotopic (exact) mass is 880 g/mol. The number of carbonyl (C=O) groups excluding carboxylic acids is 2. The number of carbonyl (C=O) groups is 2. The lowest BCUT2D eigenvalue weighted by molar-refractivity contribution is -0.161. The van der Waals surface area contributed by atoms with Crippen molar-refractivity contribution < 1.29 is 37.6 Å². The van der Waals surface area contributed by atoms with Crippen LogP contribution in [0.15, 0.2) is 48.6 Å². The number of allylic oxidation sites excluding steroid dienone is 8. The van der Waals surface area contributed by atoms with Crippen molar-refractivity contribution in [3.63, 3.8) is 0 Å². The first kappa shape index (κ1) is 59.0. The highest BCUT2D eigenvalue weighted by molar-refractivity contribution is 7.47. The standard InChI is InChI=1S/C51H94NO8P/c1-3-5-7-9-11-13-15-17-19-21-23-24-26-27-29-31-33-35-37-39-41-43-50(53)57-47-49(48-59-61(55,56)58-46-45-52)60-51(54)44-42-40-38-36-34-32-30-28-25-22-20-18-16-14-12-10-8-6-4-2/h12,14,18,20,25,28,32,34,49H,3-11,13,15-17,19,21-24,26-27,29-31,33,35-48,52H2,1-2H3,(H,55,56)/t49-/m1/s1. The molecule has 0 aliphatic rings. The number of hydrogen-bond donors (Lipinski definition) is 2. The first-order chi connectivity index (χ1) is 29.8. The Hall–Kier alpha value is -2.03. The minimum absolute atomic E-state index is 0.0475. The molecule has 0 saturated heterocycles. The number of hydrogen-bond acceptors (Lipinski definition) is 8. The van der Waals surface area contributed by atoms with Crippen molar-refractivity contribution >= 4 is 19.8 Å². The maximum absolute atomic E-state index is 12.6. The van der Waals surface area contributed by atoms with Gasteiger partial charge in [0.05, 0.1) is 13.2 Å². The first-order valence-electron chi connectivity index (χ1n) is 25.1. The number of esters is 2. The van der Waals surface area contributed by atoms with E-state index < -0.39 is 26.5 Å². The van der Waals surface area contributed by atoms with Crippen LogP contribution in [0, 0.1) is 0 Å². The molecule has 0 aliphatic carbocycles. The number of phosphoric acid groups is 1. The van der Waals surface area contributed by atoms with Gasteiger partial charge in [-0.05, 0) is 57.8 Å². The summed E-state index contributed by atoms with van der Waals surface area (Å²) in [6.07, 6.45) is 55.8. The number of rotatable bonds is 47. The van der Waals surface area contributed by atoms with E-state index in [2.05, 4.69) is 62.5 Å². The third-order valence-electron chi connectivity index (χ3n) is 10.7. The normalized spacial score (nSPS) is 13.6. The van der Waals surface area contributed by atoms with Crippen LogP contribution in [0.5, 0.6) is 0 Å². The summed E-state index contributed by atoms with van der Waals surface area (Å²) in [6, 6.07) is 0. The zero-order chi connectivity index (χ0) is 44.6. The molecule has 0 heterocycles. The van der Waals surface area contributed by atoms with Crippen molar-refractivity contribution in [1.29, 1.82) is 0 Å². The van der Waals surface area contributed by atoms with Crippen LogP contribution in [0.25, 0.3) is 0 Å². The van der Waals surface area contributed by atoms with Crippen LogP contribution < -0.4 is 5.73 Å². The Labute approximate surface area is 375 Å². The highest BCUT2D eigenvalue weighted by Crippen LogP contribution is 2.43. The van der Waals surface area contributed by atoms with Crippen molar-refractivity contribution in [1.82, 2.24) is 0 Å². The molecular weight excluding hydrogens is 786 g/mol. The van der Waals surface area contributed by atoms with E-state index in [0.29, 0.717) is 6.42 Å². The second-order valence-electron chi connectivity index (χ2n) is 16.7. The minimum Gasteiger partial charge on any atom is -0.462 e. The summed E-state index contributed by atoms with van der Waals surface area (Å²) >= 11 is 0. The van der Waals surface area contributed by atoms with E-state index >= 15 is 0 Å². The van der Waals surface area contributed by atoms with Gasteiger partial charge in [-0.1, -0.05) is 210 Å². The fourth-order valence-corrected chi connectivity index (χ4v) is 7.74. The van der Waals surface area contributed by atoms with Gasteiger partial charge in [0.25, 0.3) is 0 Å². The van der Waals surface area contributed by atoms with Crippen molar-refractivity contribution in [2.45, 2.75) is 238 Å². The number of unbranched alkanes of at least 4 members (excludes halogenated alkanes) is 26. The van der Waals surface area contributed by atoms with Crippen molar-refractivity contribution in [2.75, 3.05) is 26.4 Å². The Morgan fingerprint density at radius 2 is 0.852 bits per heavy atom. The second kappa shape index (κ2) is 47.4. The van der Waals surface area contributed by atoms with E-state index in [-0.39, 0.29) is 38.6 Å². The van der Waals surface area contributed by atoms with Gasteiger partial charge in [-0.3, -0.25) is 18.6 Å². The number of nitrogens with two attached hydrogens (primary N) is 1. The average molecular weight is 880 g/mol. The average Bonchev–Trinajstić information content (AvgIpc) is 3.25. The molecule has 0 amide bonds. The predicted molar refractivity (Wildman–Crippen MR) is 257 cm³/mol. The quantitative estimate of drug-likeness (QED) is 0.0265. The Balaban J connectivity index is 4.10. The van der Waals surface area contributed by atoms with Gasteiger partial charge in [-0.25, -0.2) is 4.57 Å². The molecule has 2 atom stereocenters. The Kier molecular flexibility index (Phi) is 45.9. The Morgan fingerprint density at radius 3 is 1.30 bits per heavy atom. The van der Waals surface area contributed by atoms with Crippen LogP contribution in [-0.4, -0.2) is 49.3 Å². The molecule has 0 spiro atoms. The summed E-state index contributed by atoms with van der Waals surface area (Å²) < 4.78 is 32.9. The highest BCUT2D eigenvalue weighted by Gasteiger charge is 2.26. The molecule has 0 fully saturated rings. The molecule has 9 nitrogen and oxygen atoms in total. The van der Waals surface area contributed by atoms with E-state index in [4.69, 9.17) is 24.3 Å². The maximum atomic E-state index is 12.6. The van der Waals surface area contributed by atoms with Crippen molar-refractivity contribution in [3.05, 3.63) is 48.6 Å². The smallest absolute Gasteiger partial charge is 0.462 e. The summed E-state index contributed by atoms with van der Waals surface area (Å²) in [5.74, 6) is -0.857. The Morgan fingerprint density at radius 1 is 0.492 bits per heavy atom. The lowest BCUT2D eigenvalue weighted by Crippen LogP contribution is -2.29. The van der Waals surface area contributed by atoms with Gasteiger partial charge in [-0.15, -0.1) is 0 Å². The number of phosphoric ester groups is 1. The van der Waals surface area contributed by atoms with E-state index in [1.54, 1.807) is 0 Å². The summed E-state index contributed by atoms with van der Waals surface area (Å²) in [6.45, 7) is 3.70. The van der Waals surface area contributed by atoms with Crippen LogP contribution in [-0.2, 0) is 32.7 Å². The molecule has 356 valence electrons. The van der Waals surface area contributed by atoms with E-state index in [0.717, 1.165) is 57.8 Å². The third kappa shape index (κ3) is 47.3. The molecule has 1 unspecified atom stereocenters. The molecule has 0 rings (SSSR count). The van der Waals surface area contributed by atoms with Crippen LogP contribution in [0.4, 0.5) is 0 Å². The van der Waals surface area contributed by atoms with Crippen LogP contribution in [0.3, 0.4) is 0 Å². The summed E-state index contributed by atoms with van der Waals surface area (Å²) in [4.78, 5) is 35.0. The number of ether oxygens (including phenoxy) is 2. The maximum Gasteiger partial charge on any atom is 0.472 e. The fraction of sp³-hybridized carbons (Fsp3) is 0.804. The minimum atomic E-state index is -4.39. The molecule has 0 bridgehead atoms. The SMILES string of the molecule is CCCCCC=CCC=CCC=CCC=CCCCCCC(=O)O[C@H](COC(=O)CCCCCCCCCCCCCCCCCCCCCCC)COP(=O)(O)OCCN. The van der Waals surface area contributed by atoms with Crippen molar-refractivity contribution in [2.24, 2.45) is 5.73 Å². The van der Waals surface area contributed by atoms with Gasteiger partial charge in [0.15, 0.2) is 6.10 Å². The van der Waals surface area contributed by atoms with Gasteiger partial charge in [0.1, 0.15) is 6.61 Å². The molecule has 61 heavy (non-hydrogen) atoms. The zero-order valence-electron chi connectivity index (χ0n) is 39.4. The molecule has 3 N–H and O–H groups in total. The van der Waals surface area contributed by atoms with Gasteiger partial charge in [-0.2, -0.15) is 0 Å². The molecule has 0 radical (unpaired) electrons.